The lowest BCUT2D eigenvalue weighted by Crippen LogP contribution is -2.41. The molecule has 0 N–H and O–H groups in total. The predicted octanol–water partition coefficient (Wildman–Crippen LogP) is 2.52. The Balaban J connectivity index is 2.17. The molecular weight excluding hydrogens is 466 g/mol. The molecule has 0 fully saturated rings. The SMILES string of the molecule is COC(=O)c1cc(C)nc2c1c(=O)n(Cc1cc(C=O)ccc1OC)c(=O)n2-c1ccccc1OC. The quantitative estimate of drug-likeness (QED) is 0.287. The van der Waals surface area contributed by atoms with E-state index in [0.29, 0.717) is 40.3 Å². The zero-order valence-electron chi connectivity index (χ0n) is 20.1. The molecular formula is C26H23N3O7. The summed E-state index contributed by atoms with van der Waals surface area (Å²) in [6, 6.07) is 12.9. The lowest BCUT2D eigenvalue weighted by atomic mass is 10.1. The first-order valence-corrected chi connectivity index (χ1v) is 10.9. The van der Waals surface area contributed by atoms with E-state index in [1.54, 1.807) is 43.3 Å². The first-order chi connectivity index (χ1) is 17.3. The maximum Gasteiger partial charge on any atom is 0.338 e. The van der Waals surface area contributed by atoms with Gasteiger partial charge in [-0.2, -0.15) is 0 Å². The Kier molecular flexibility index (Phi) is 6.69. The Morgan fingerprint density at radius 3 is 2.39 bits per heavy atom. The van der Waals surface area contributed by atoms with Crippen molar-refractivity contribution in [2.24, 2.45) is 0 Å². The van der Waals surface area contributed by atoms with Crippen LogP contribution in [-0.2, 0) is 11.3 Å². The second kappa shape index (κ2) is 9.87. The van der Waals surface area contributed by atoms with E-state index in [2.05, 4.69) is 4.98 Å². The molecule has 0 spiro atoms. The number of para-hydroxylation sites is 2. The second-order valence-corrected chi connectivity index (χ2v) is 7.87. The zero-order chi connectivity index (χ0) is 26.0. The van der Waals surface area contributed by atoms with Gasteiger partial charge in [0.05, 0.1) is 44.5 Å². The molecule has 2 heterocycles. The normalized spacial score (nSPS) is 10.8. The van der Waals surface area contributed by atoms with Gasteiger partial charge < -0.3 is 14.2 Å². The van der Waals surface area contributed by atoms with Gasteiger partial charge in [0.1, 0.15) is 17.8 Å². The summed E-state index contributed by atoms with van der Waals surface area (Å²) in [5, 5.41) is -0.0940. The second-order valence-electron chi connectivity index (χ2n) is 7.87. The van der Waals surface area contributed by atoms with Crippen molar-refractivity contribution in [1.29, 1.82) is 0 Å². The molecule has 36 heavy (non-hydrogen) atoms. The van der Waals surface area contributed by atoms with Crippen LogP contribution in [0.3, 0.4) is 0 Å². The van der Waals surface area contributed by atoms with Crippen molar-refractivity contribution >= 4 is 23.3 Å². The van der Waals surface area contributed by atoms with E-state index < -0.39 is 17.2 Å². The van der Waals surface area contributed by atoms with Crippen LogP contribution in [0.4, 0.5) is 0 Å². The smallest absolute Gasteiger partial charge is 0.338 e. The summed E-state index contributed by atoms with van der Waals surface area (Å²) in [6.07, 6.45) is 0.654. The molecule has 0 amide bonds. The summed E-state index contributed by atoms with van der Waals surface area (Å²) < 4.78 is 18.0. The van der Waals surface area contributed by atoms with Crippen LogP contribution in [0.5, 0.6) is 11.5 Å². The van der Waals surface area contributed by atoms with Crippen LogP contribution in [0.2, 0.25) is 0 Å². The van der Waals surface area contributed by atoms with Gasteiger partial charge in [-0.05, 0) is 43.3 Å². The molecule has 0 aliphatic rings. The minimum absolute atomic E-state index is 0.0141. The van der Waals surface area contributed by atoms with E-state index in [0.717, 1.165) is 4.57 Å². The van der Waals surface area contributed by atoms with Gasteiger partial charge in [0, 0.05) is 16.8 Å². The third-order valence-electron chi connectivity index (χ3n) is 5.72. The van der Waals surface area contributed by atoms with E-state index in [1.165, 1.54) is 38.0 Å². The Labute approximate surface area is 205 Å². The Hall–Kier alpha value is -4.73. The van der Waals surface area contributed by atoms with Crippen molar-refractivity contribution in [2.45, 2.75) is 13.5 Å². The van der Waals surface area contributed by atoms with Crippen LogP contribution >= 0.6 is 0 Å². The van der Waals surface area contributed by atoms with Crippen molar-refractivity contribution in [2.75, 3.05) is 21.3 Å². The average Bonchev–Trinajstić information content (AvgIpc) is 2.90. The summed E-state index contributed by atoms with van der Waals surface area (Å²) in [5.74, 6) is -0.0134. The van der Waals surface area contributed by atoms with Gasteiger partial charge in [-0.3, -0.25) is 14.2 Å². The molecule has 0 saturated carbocycles. The molecule has 0 atom stereocenters. The number of esters is 1. The first-order valence-electron chi connectivity index (χ1n) is 10.9. The van der Waals surface area contributed by atoms with Crippen LogP contribution in [-0.4, -0.2) is 47.7 Å². The summed E-state index contributed by atoms with van der Waals surface area (Å²) >= 11 is 0. The molecule has 4 rings (SSSR count). The highest BCUT2D eigenvalue weighted by atomic mass is 16.5. The fourth-order valence-electron chi connectivity index (χ4n) is 4.07. The molecule has 10 nitrogen and oxygen atoms in total. The third kappa shape index (κ3) is 4.13. The highest BCUT2D eigenvalue weighted by molar-refractivity contribution is 6.02. The number of hydrogen-bond donors (Lipinski definition) is 0. The van der Waals surface area contributed by atoms with Crippen molar-refractivity contribution in [3.05, 3.63) is 91.8 Å². The number of carbonyl (C=O) groups is 2. The number of aldehydes is 1. The van der Waals surface area contributed by atoms with Gasteiger partial charge in [0.2, 0.25) is 0 Å². The summed E-state index contributed by atoms with van der Waals surface area (Å²) in [7, 11) is 4.10. The fourth-order valence-corrected chi connectivity index (χ4v) is 4.07. The topological polar surface area (TPSA) is 119 Å². The summed E-state index contributed by atoms with van der Waals surface area (Å²) in [5.41, 5.74) is -0.00767. The highest BCUT2D eigenvalue weighted by Gasteiger charge is 2.24. The molecule has 0 aliphatic carbocycles. The van der Waals surface area contributed by atoms with Crippen molar-refractivity contribution in [1.82, 2.24) is 14.1 Å². The van der Waals surface area contributed by atoms with Crippen molar-refractivity contribution in [3.8, 4) is 17.2 Å². The van der Waals surface area contributed by atoms with Gasteiger partial charge in [-0.1, -0.05) is 12.1 Å². The van der Waals surface area contributed by atoms with Crippen molar-refractivity contribution in [3.63, 3.8) is 0 Å². The molecule has 4 aromatic rings. The monoisotopic (exact) mass is 489 g/mol. The molecule has 184 valence electrons. The third-order valence-corrected chi connectivity index (χ3v) is 5.72. The number of nitrogens with zero attached hydrogens (tertiary/aromatic N) is 3. The Morgan fingerprint density at radius 1 is 1.00 bits per heavy atom. The molecule has 0 saturated heterocycles. The molecule has 2 aromatic heterocycles. The number of rotatable bonds is 7. The summed E-state index contributed by atoms with van der Waals surface area (Å²) in [6.45, 7) is 1.41. The lowest BCUT2D eigenvalue weighted by molar-refractivity contribution is 0.0602. The standard InChI is InChI=1S/C26H23N3O7/c1-15-11-18(25(32)36-4)22-23(27-15)29(19-7-5-6-8-21(19)35-3)26(33)28(24(22)31)13-17-12-16(14-30)9-10-20(17)34-2/h5-12,14H,13H2,1-4H3. The van der Waals surface area contributed by atoms with Crippen molar-refractivity contribution < 1.29 is 23.8 Å². The van der Waals surface area contributed by atoms with Crippen LogP contribution < -0.4 is 20.7 Å². The Morgan fingerprint density at radius 2 is 1.72 bits per heavy atom. The predicted molar refractivity (Wildman–Crippen MR) is 132 cm³/mol. The van der Waals surface area contributed by atoms with E-state index in [-0.39, 0.29) is 23.1 Å². The molecule has 10 heteroatoms. The number of fused-ring (bicyclic) bond motifs is 1. The first kappa shape index (κ1) is 24.4. The molecule has 0 unspecified atom stereocenters. The van der Waals surface area contributed by atoms with E-state index in [9.17, 15) is 19.2 Å². The largest absolute Gasteiger partial charge is 0.496 e. The van der Waals surface area contributed by atoms with Gasteiger partial charge in [-0.15, -0.1) is 0 Å². The molecule has 0 aliphatic heterocycles. The average molecular weight is 489 g/mol. The molecule has 0 radical (unpaired) electrons. The lowest BCUT2D eigenvalue weighted by Gasteiger charge is -2.18. The number of benzene rings is 2. The van der Waals surface area contributed by atoms with Gasteiger partial charge in [0.25, 0.3) is 5.56 Å². The number of methoxy groups -OCH3 is 3. The number of pyridine rings is 1. The van der Waals surface area contributed by atoms with Crippen LogP contribution in [0, 0.1) is 6.92 Å². The van der Waals surface area contributed by atoms with E-state index in [1.807, 2.05) is 0 Å². The van der Waals surface area contributed by atoms with Gasteiger partial charge in [0.15, 0.2) is 5.65 Å². The highest BCUT2D eigenvalue weighted by Crippen LogP contribution is 2.25. The van der Waals surface area contributed by atoms with E-state index in [4.69, 9.17) is 14.2 Å². The van der Waals surface area contributed by atoms with Gasteiger partial charge >= 0.3 is 11.7 Å². The maximum absolute atomic E-state index is 13.9. The number of ether oxygens (including phenoxy) is 3. The fraction of sp³-hybridized carbons (Fsp3) is 0.192. The summed E-state index contributed by atoms with van der Waals surface area (Å²) in [4.78, 5) is 56.1. The minimum Gasteiger partial charge on any atom is -0.496 e. The number of aromatic nitrogens is 3. The molecule has 0 bridgehead atoms. The van der Waals surface area contributed by atoms with E-state index >= 15 is 0 Å². The number of carbonyl (C=O) groups excluding carboxylic acids is 2. The number of aryl methyl sites for hydroxylation is 1. The number of hydrogen-bond acceptors (Lipinski definition) is 8. The van der Waals surface area contributed by atoms with Crippen LogP contribution in [0.1, 0.15) is 32.0 Å². The van der Waals surface area contributed by atoms with Gasteiger partial charge in [-0.25, -0.2) is 19.1 Å². The molecule has 2 aromatic carbocycles. The van der Waals surface area contributed by atoms with Crippen LogP contribution in [0.15, 0.2) is 58.1 Å². The van der Waals surface area contributed by atoms with Crippen LogP contribution in [0.25, 0.3) is 16.7 Å². The zero-order valence-corrected chi connectivity index (χ0v) is 20.1. The minimum atomic E-state index is -0.750. The Bertz CT molecular complexity index is 1620. The maximum atomic E-state index is 13.9.